The molecule has 5 aromatic rings. The first-order chi connectivity index (χ1) is 17.5. The maximum Gasteiger partial charge on any atom is 0.295 e. The first kappa shape index (κ1) is 21.7. The summed E-state index contributed by atoms with van der Waals surface area (Å²) in [5.74, 6) is 0.220. The molecule has 0 radical (unpaired) electrons. The van der Waals surface area contributed by atoms with Crippen LogP contribution in [0.15, 0.2) is 55.2 Å². The van der Waals surface area contributed by atoms with E-state index in [0.29, 0.717) is 47.8 Å². The van der Waals surface area contributed by atoms with Crippen molar-refractivity contribution in [1.82, 2.24) is 39.4 Å². The Kier molecular flexibility index (Phi) is 5.10. The van der Waals surface area contributed by atoms with Gasteiger partial charge in [0, 0.05) is 37.5 Å². The molecule has 1 aliphatic heterocycles. The number of nitrogens with one attached hydrogen (secondary N) is 1. The number of benzene rings is 1. The lowest BCUT2D eigenvalue weighted by Gasteiger charge is -2.25. The Bertz CT molecular complexity index is 1620. The van der Waals surface area contributed by atoms with E-state index in [-0.39, 0.29) is 5.56 Å². The van der Waals surface area contributed by atoms with Crippen LogP contribution >= 0.6 is 0 Å². The second kappa shape index (κ2) is 8.45. The van der Waals surface area contributed by atoms with Gasteiger partial charge in [-0.1, -0.05) is 18.2 Å². The van der Waals surface area contributed by atoms with Crippen LogP contribution in [0.3, 0.4) is 0 Å². The van der Waals surface area contributed by atoms with Crippen molar-refractivity contribution in [2.45, 2.75) is 19.9 Å². The fourth-order valence-electron chi connectivity index (χ4n) is 4.52. The standard InChI is InChI=1S/C25H22N8O3/c1-15-28-14-33(29-15)24-22-21(20(36-2)11-27-24)18(10-26-22)23(34)25(35)31-9-8-19-16(12-31)13-32(30-19)17-6-4-3-5-7-17/h3-7,10-11,13-14,26H,8-9,12H2,1-2H3. The Morgan fingerprint density at radius 1 is 1.08 bits per heavy atom. The van der Waals surface area contributed by atoms with Gasteiger partial charge in [0.05, 0.1) is 41.2 Å². The molecule has 0 fully saturated rings. The number of ketones is 1. The van der Waals surface area contributed by atoms with E-state index in [4.69, 9.17) is 4.74 Å². The van der Waals surface area contributed by atoms with Gasteiger partial charge in [0.1, 0.15) is 17.9 Å². The summed E-state index contributed by atoms with van der Waals surface area (Å²) in [6, 6.07) is 9.79. The van der Waals surface area contributed by atoms with Crippen LogP contribution in [-0.4, -0.2) is 64.8 Å². The van der Waals surface area contributed by atoms with Crippen molar-refractivity contribution in [2.75, 3.05) is 13.7 Å². The fourth-order valence-corrected chi connectivity index (χ4v) is 4.52. The minimum Gasteiger partial charge on any atom is -0.494 e. The average Bonchev–Trinajstić information content (AvgIpc) is 3.65. The number of carbonyl (C=O) groups is 2. The summed E-state index contributed by atoms with van der Waals surface area (Å²) < 4.78 is 8.80. The van der Waals surface area contributed by atoms with Crippen LogP contribution < -0.4 is 4.74 Å². The predicted molar refractivity (Wildman–Crippen MR) is 129 cm³/mol. The number of carbonyl (C=O) groups excluding carboxylic acids is 2. The normalized spacial score (nSPS) is 13.1. The van der Waals surface area contributed by atoms with Gasteiger partial charge in [0.2, 0.25) is 0 Å². The third-order valence-corrected chi connectivity index (χ3v) is 6.30. The van der Waals surface area contributed by atoms with Gasteiger partial charge in [0.15, 0.2) is 5.82 Å². The number of aryl methyl sites for hydroxylation is 1. The highest BCUT2D eigenvalue weighted by atomic mass is 16.5. The Morgan fingerprint density at radius 2 is 1.92 bits per heavy atom. The van der Waals surface area contributed by atoms with Gasteiger partial charge in [-0.2, -0.15) is 10.2 Å². The molecule has 11 heteroatoms. The van der Waals surface area contributed by atoms with E-state index in [0.717, 1.165) is 16.9 Å². The SMILES string of the molecule is COc1cnc(-n2cnc(C)n2)c2[nH]cc(C(=O)C(=O)N3CCc4nn(-c5ccccc5)cc4C3)c12. The van der Waals surface area contributed by atoms with Crippen LogP contribution in [-0.2, 0) is 17.8 Å². The number of H-pyrrole nitrogens is 1. The molecule has 5 heterocycles. The number of amides is 1. The highest BCUT2D eigenvalue weighted by Crippen LogP contribution is 2.32. The quantitative estimate of drug-likeness (QED) is 0.301. The zero-order valence-electron chi connectivity index (χ0n) is 19.7. The highest BCUT2D eigenvalue weighted by molar-refractivity contribution is 6.45. The zero-order chi connectivity index (χ0) is 24.8. The molecular formula is C25H22N8O3. The summed E-state index contributed by atoms with van der Waals surface area (Å²) in [7, 11) is 1.50. The molecule has 0 unspecified atom stereocenters. The van der Waals surface area contributed by atoms with E-state index in [1.807, 2.05) is 41.2 Å². The first-order valence-corrected chi connectivity index (χ1v) is 11.4. The van der Waals surface area contributed by atoms with Crippen LogP contribution in [0.5, 0.6) is 5.75 Å². The fraction of sp³-hybridized carbons (Fsp3) is 0.200. The topological polar surface area (TPSA) is 124 Å². The second-order valence-corrected chi connectivity index (χ2v) is 8.53. The van der Waals surface area contributed by atoms with Crippen molar-refractivity contribution in [1.29, 1.82) is 0 Å². The van der Waals surface area contributed by atoms with Crippen LogP contribution in [0, 0.1) is 6.92 Å². The maximum absolute atomic E-state index is 13.4. The third kappa shape index (κ3) is 3.52. The van der Waals surface area contributed by atoms with Crippen molar-refractivity contribution in [2.24, 2.45) is 0 Å². The van der Waals surface area contributed by atoms with E-state index in [1.54, 1.807) is 11.8 Å². The first-order valence-electron chi connectivity index (χ1n) is 11.4. The Labute approximate surface area is 205 Å². The minimum absolute atomic E-state index is 0.220. The molecule has 4 aromatic heterocycles. The number of nitrogens with zero attached hydrogens (tertiary/aromatic N) is 7. The molecule has 1 amide bonds. The summed E-state index contributed by atoms with van der Waals surface area (Å²) in [5.41, 5.74) is 3.55. The van der Waals surface area contributed by atoms with E-state index < -0.39 is 11.7 Å². The second-order valence-electron chi connectivity index (χ2n) is 8.53. The Balaban J connectivity index is 1.31. The molecule has 0 atom stereocenters. The van der Waals surface area contributed by atoms with Crippen LogP contribution in [0.2, 0.25) is 0 Å². The molecule has 1 aliphatic rings. The number of hydrogen-bond donors (Lipinski definition) is 1. The molecule has 0 saturated carbocycles. The minimum atomic E-state index is -0.620. The number of ether oxygens (including phenoxy) is 1. The summed E-state index contributed by atoms with van der Waals surface area (Å²) in [6.45, 7) is 2.50. The zero-order valence-corrected chi connectivity index (χ0v) is 19.7. The number of para-hydroxylation sites is 1. The molecular weight excluding hydrogens is 460 g/mol. The molecule has 6 rings (SSSR count). The summed E-state index contributed by atoms with van der Waals surface area (Å²) in [6.07, 6.45) is 7.06. The monoisotopic (exact) mass is 482 g/mol. The Hall–Kier alpha value is -4.80. The molecule has 11 nitrogen and oxygen atoms in total. The van der Waals surface area contributed by atoms with Gasteiger partial charge in [-0.3, -0.25) is 9.59 Å². The van der Waals surface area contributed by atoms with Gasteiger partial charge in [-0.05, 0) is 19.1 Å². The van der Waals surface area contributed by atoms with Crippen molar-refractivity contribution in [3.8, 4) is 17.3 Å². The van der Waals surface area contributed by atoms with Gasteiger partial charge < -0.3 is 14.6 Å². The molecule has 0 saturated heterocycles. The maximum atomic E-state index is 13.4. The number of aromatic nitrogens is 7. The van der Waals surface area contributed by atoms with Gasteiger partial charge in [-0.15, -0.1) is 0 Å². The van der Waals surface area contributed by atoms with E-state index in [2.05, 4.69) is 25.1 Å². The summed E-state index contributed by atoms with van der Waals surface area (Å²) in [4.78, 5) is 40.0. The van der Waals surface area contributed by atoms with Crippen molar-refractivity contribution in [3.63, 3.8) is 0 Å². The molecule has 1 aromatic carbocycles. The van der Waals surface area contributed by atoms with Crippen LogP contribution in [0.1, 0.15) is 27.4 Å². The number of aromatic amines is 1. The highest BCUT2D eigenvalue weighted by Gasteiger charge is 2.31. The number of rotatable bonds is 5. The number of pyridine rings is 1. The number of methoxy groups -OCH3 is 1. The lowest BCUT2D eigenvalue weighted by molar-refractivity contribution is -0.127. The van der Waals surface area contributed by atoms with Crippen LogP contribution in [0.4, 0.5) is 0 Å². The number of hydrogen-bond acceptors (Lipinski definition) is 7. The Morgan fingerprint density at radius 3 is 2.67 bits per heavy atom. The molecule has 0 spiro atoms. The summed E-state index contributed by atoms with van der Waals surface area (Å²) in [5, 5.41) is 9.45. The van der Waals surface area contributed by atoms with Gasteiger partial charge >= 0.3 is 0 Å². The molecule has 0 bridgehead atoms. The lowest BCUT2D eigenvalue weighted by Crippen LogP contribution is -2.40. The van der Waals surface area contributed by atoms with E-state index in [9.17, 15) is 9.59 Å². The number of Topliss-reactive ketones (excluding diaryl/α,β-unsaturated/α-hetero) is 1. The van der Waals surface area contributed by atoms with Gasteiger partial charge in [-0.25, -0.2) is 19.3 Å². The smallest absolute Gasteiger partial charge is 0.295 e. The number of fused-ring (bicyclic) bond motifs is 2. The van der Waals surface area contributed by atoms with Gasteiger partial charge in [0.25, 0.3) is 11.7 Å². The molecule has 1 N–H and O–H groups in total. The van der Waals surface area contributed by atoms with Crippen molar-refractivity contribution in [3.05, 3.63) is 77.9 Å². The lowest BCUT2D eigenvalue weighted by atomic mass is 10.1. The molecule has 0 aliphatic carbocycles. The van der Waals surface area contributed by atoms with E-state index in [1.165, 1.54) is 30.5 Å². The van der Waals surface area contributed by atoms with Crippen molar-refractivity contribution < 1.29 is 14.3 Å². The summed E-state index contributed by atoms with van der Waals surface area (Å²) >= 11 is 0. The third-order valence-electron chi connectivity index (χ3n) is 6.30. The van der Waals surface area contributed by atoms with E-state index >= 15 is 0 Å². The molecule has 180 valence electrons. The largest absolute Gasteiger partial charge is 0.494 e. The molecule has 36 heavy (non-hydrogen) atoms. The van der Waals surface area contributed by atoms with Crippen molar-refractivity contribution >= 4 is 22.6 Å². The average molecular weight is 483 g/mol. The van der Waals surface area contributed by atoms with Crippen LogP contribution in [0.25, 0.3) is 22.4 Å². The predicted octanol–water partition coefficient (Wildman–Crippen LogP) is 2.41.